The standard InChI is InChI=1S/C19H21FN4O/c20-16-3-1-2-15(7-16)18-21-23-24(22-18)11-17(25)19-8-12-4-13(9-19)6-14(5-12)10-19/h1-3,7,12-14H,4-6,8-11H2. The van der Waals surface area contributed by atoms with E-state index in [0.717, 1.165) is 37.0 Å². The van der Waals surface area contributed by atoms with Crippen LogP contribution in [0.15, 0.2) is 24.3 Å². The Morgan fingerprint density at radius 1 is 1.16 bits per heavy atom. The molecule has 0 saturated heterocycles. The SMILES string of the molecule is O=C(Cn1nnc(-c2cccc(F)c2)n1)C12CC3CC(CC(C3)C1)C2. The zero-order chi connectivity index (χ0) is 17.0. The van der Waals surface area contributed by atoms with Gasteiger partial charge in [-0.15, -0.1) is 10.2 Å². The smallest absolute Gasteiger partial charge is 0.205 e. The second-order valence-corrected chi connectivity index (χ2v) is 8.27. The molecule has 4 bridgehead atoms. The minimum atomic E-state index is -0.335. The van der Waals surface area contributed by atoms with Gasteiger partial charge in [0.2, 0.25) is 5.82 Å². The lowest BCUT2D eigenvalue weighted by atomic mass is 9.48. The molecule has 0 N–H and O–H groups in total. The first-order valence-corrected chi connectivity index (χ1v) is 9.17. The monoisotopic (exact) mass is 340 g/mol. The van der Waals surface area contributed by atoms with Gasteiger partial charge in [0.15, 0.2) is 5.78 Å². The predicted molar refractivity (Wildman–Crippen MR) is 88.8 cm³/mol. The van der Waals surface area contributed by atoms with E-state index in [2.05, 4.69) is 15.4 Å². The third kappa shape index (κ3) is 2.58. The number of ketones is 1. The predicted octanol–water partition coefficient (Wildman–Crippen LogP) is 3.26. The molecule has 4 aliphatic carbocycles. The van der Waals surface area contributed by atoms with Crippen molar-refractivity contribution >= 4 is 5.78 Å². The number of carbonyl (C=O) groups excluding carboxylic acids is 1. The molecule has 4 saturated carbocycles. The quantitative estimate of drug-likeness (QED) is 0.857. The van der Waals surface area contributed by atoms with Crippen molar-refractivity contribution in [2.45, 2.75) is 45.1 Å². The Labute approximate surface area is 145 Å². The van der Waals surface area contributed by atoms with Crippen LogP contribution in [0.5, 0.6) is 0 Å². The number of aromatic nitrogens is 4. The highest BCUT2D eigenvalue weighted by molar-refractivity contribution is 5.85. The van der Waals surface area contributed by atoms with E-state index in [1.54, 1.807) is 12.1 Å². The van der Waals surface area contributed by atoms with Gasteiger partial charge in [-0.1, -0.05) is 12.1 Å². The van der Waals surface area contributed by atoms with E-state index in [1.807, 2.05) is 0 Å². The Morgan fingerprint density at radius 2 is 1.84 bits per heavy atom. The van der Waals surface area contributed by atoms with Gasteiger partial charge in [-0.05, 0) is 73.6 Å². The van der Waals surface area contributed by atoms with Crippen LogP contribution in [0.4, 0.5) is 4.39 Å². The van der Waals surface area contributed by atoms with Crippen LogP contribution in [0.2, 0.25) is 0 Å². The van der Waals surface area contributed by atoms with Crippen LogP contribution >= 0.6 is 0 Å². The Hall–Kier alpha value is -2.11. The largest absolute Gasteiger partial charge is 0.297 e. The highest BCUT2D eigenvalue weighted by atomic mass is 19.1. The first-order chi connectivity index (χ1) is 12.1. The van der Waals surface area contributed by atoms with Gasteiger partial charge in [0.25, 0.3) is 0 Å². The lowest BCUT2D eigenvalue weighted by molar-refractivity contribution is -0.145. The molecule has 25 heavy (non-hydrogen) atoms. The fourth-order valence-electron chi connectivity index (χ4n) is 5.80. The van der Waals surface area contributed by atoms with Crippen molar-refractivity contribution in [1.82, 2.24) is 20.2 Å². The van der Waals surface area contributed by atoms with E-state index in [4.69, 9.17) is 0 Å². The maximum atomic E-state index is 13.4. The summed E-state index contributed by atoms with van der Waals surface area (Å²) in [7, 11) is 0. The third-order valence-corrected chi connectivity index (χ3v) is 6.45. The van der Waals surface area contributed by atoms with E-state index in [-0.39, 0.29) is 23.6 Å². The third-order valence-electron chi connectivity index (χ3n) is 6.45. The molecule has 0 radical (unpaired) electrons. The molecule has 4 aliphatic rings. The molecule has 2 aromatic rings. The van der Waals surface area contributed by atoms with Crippen LogP contribution in [0.25, 0.3) is 11.4 Å². The van der Waals surface area contributed by atoms with Crippen molar-refractivity contribution in [3.8, 4) is 11.4 Å². The molecule has 1 aromatic carbocycles. The molecule has 1 aromatic heterocycles. The molecule has 0 amide bonds. The maximum Gasteiger partial charge on any atom is 0.205 e. The van der Waals surface area contributed by atoms with E-state index in [9.17, 15) is 9.18 Å². The Bertz CT molecular complexity index is 795. The zero-order valence-corrected chi connectivity index (χ0v) is 14.1. The number of hydrogen-bond donors (Lipinski definition) is 0. The van der Waals surface area contributed by atoms with Crippen molar-refractivity contribution in [2.75, 3.05) is 0 Å². The van der Waals surface area contributed by atoms with Gasteiger partial charge < -0.3 is 0 Å². The minimum Gasteiger partial charge on any atom is -0.297 e. The van der Waals surface area contributed by atoms with Crippen LogP contribution in [-0.4, -0.2) is 26.0 Å². The van der Waals surface area contributed by atoms with Crippen molar-refractivity contribution < 1.29 is 9.18 Å². The molecule has 1 heterocycles. The lowest BCUT2D eigenvalue weighted by Crippen LogP contribution is -2.50. The van der Waals surface area contributed by atoms with Gasteiger partial charge in [-0.25, -0.2) is 4.39 Å². The maximum absolute atomic E-state index is 13.4. The number of nitrogens with zero attached hydrogens (tertiary/aromatic N) is 4. The molecular weight excluding hydrogens is 319 g/mol. The number of halogens is 1. The lowest BCUT2D eigenvalue weighted by Gasteiger charge is -2.55. The summed E-state index contributed by atoms with van der Waals surface area (Å²) < 4.78 is 13.4. The Balaban J connectivity index is 1.35. The van der Waals surface area contributed by atoms with Crippen molar-refractivity contribution in [2.24, 2.45) is 23.2 Å². The van der Waals surface area contributed by atoms with Gasteiger partial charge in [0, 0.05) is 11.0 Å². The van der Waals surface area contributed by atoms with Crippen LogP contribution in [-0.2, 0) is 11.3 Å². The minimum absolute atomic E-state index is 0.151. The van der Waals surface area contributed by atoms with Gasteiger partial charge >= 0.3 is 0 Å². The molecule has 0 atom stereocenters. The number of Topliss-reactive ketones (excluding diaryl/α,β-unsaturated/α-hetero) is 1. The van der Waals surface area contributed by atoms with Crippen LogP contribution in [0.1, 0.15) is 38.5 Å². The fraction of sp³-hybridized carbons (Fsp3) is 0.579. The summed E-state index contributed by atoms with van der Waals surface area (Å²) in [6.45, 7) is 0.175. The van der Waals surface area contributed by atoms with Crippen molar-refractivity contribution in [3.63, 3.8) is 0 Å². The summed E-state index contributed by atoms with van der Waals surface area (Å²) in [4.78, 5) is 14.5. The fourth-order valence-corrected chi connectivity index (χ4v) is 5.80. The molecule has 0 aliphatic heterocycles. The zero-order valence-electron chi connectivity index (χ0n) is 14.1. The second-order valence-electron chi connectivity index (χ2n) is 8.27. The topological polar surface area (TPSA) is 60.7 Å². The molecule has 0 unspecified atom stereocenters. The molecule has 6 rings (SSSR count). The van der Waals surface area contributed by atoms with E-state index in [1.165, 1.54) is 36.2 Å². The first-order valence-electron chi connectivity index (χ1n) is 9.17. The van der Waals surface area contributed by atoms with Crippen molar-refractivity contribution in [3.05, 3.63) is 30.1 Å². The Morgan fingerprint density at radius 3 is 2.48 bits per heavy atom. The first kappa shape index (κ1) is 15.2. The summed E-state index contributed by atoms with van der Waals surface area (Å²) in [5.74, 6) is 2.50. The summed E-state index contributed by atoms with van der Waals surface area (Å²) in [5.41, 5.74) is 0.426. The van der Waals surface area contributed by atoms with Gasteiger partial charge in [-0.2, -0.15) is 4.80 Å². The summed E-state index contributed by atoms with van der Waals surface area (Å²) in [6, 6.07) is 6.12. The summed E-state index contributed by atoms with van der Waals surface area (Å²) >= 11 is 0. The summed E-state index contributed by atoms with van der Waals surface area (Å²) in [5, 5.41) is 12.3. The van der Waals surface area contributed by atoms with Crippen LogP contribution in [0.3, 0.4) is 0 Å². The molecule has 6 heteroatoms. The molecule has 4 fully saturated rings. The molecule has 130 valence electrons. The average Bonchev–Trinajstić information content (AvgIpc) is 3.02. The highest BCUT2D eigenvalue weighted by Gasteiger charge is 2.54. The average molecular weight is 340 g/mol. The van der Waals surface area contributed by atoms with Gasteiger partial charge in [-0.3, -0.25) is 4.79 Å². The van der Waals surface area contributed by atoms with Crippen molar-refractivity contribution in [1.29, 1.82) is 0 Å². The van der Waals surface area contributed by atoms with E-state index < -0.39 is 0 Å². The number of carbonyl (C=O) groups is 1. The van der Waals surface area contributed by atoms with Gasteiger partial charge in [0.05, 0.1) is 0 Å². The summed E-state index contributed by atoms with van der Waals surface area (Å²) in [6.07, 6.45) is 7.09. The Kier molecular flexibility index (Phi) is 3.30. The van der Waals surface area contributed by atoms with Gasteiger partial charge in [0.1, 0.15) is 12.4 Å². The normalized spacial score (nSPS) is 32.9. The second kappa shape index (κ2) is 5.44. The number of rotatable bonds is 4. The number of tetrazole rings is 1. The highest BCUT2D eigenvalue weighted by Crippen LogP contribution is 2.60. The van der Waals surface area contributed by atoms with Crippen LogP contribution in [0, 0.1) is 29.0 Å². The number of hydrogen-bond acceptors (Lipinski definition) is 4. The molecular formula is C19H21FN4O. The van der Waals surface area contributed by atoms with E-state index >= 15 is 0 Å². The van der Waals surface area contributed by atoms with E-state index in [0.29, 0.717) is 11.4 Å². The number of benzene rings is 1. The van der Waals surface area contributed by atoms with Crippen LogP contribution < -0.4 is 0 Å². The molecule has 5 nitrogen and oxygen atoms in total. The molecule has 0 spiro atoms.